The average Bonchev–Trinajstić information content (AvgIpc) is 2.61. The number of unbranched alkanes of at least 4 members (excludes halogenated alkanes) is 2. The van der Waals surface area contributed by atoms with Crippen molar-refractivity contribution in [3.05, 3.63) is 0 Å². The van der Waals surface area contributed by atoms with Crippen molar-refractivity contribution in [3.8, 4) is 0 Å². The lowest BCUT2D eigenvalue weighted by Crippen LogP contribution is -2.36. The van der Waals surface area contributed by atoms with Gasteiger partial charge in [0.1, 0.15) is 0 Å². The van der Waals surface area contributed by atoms with Crippen LogP contribution in [0.4, 0.5) is 0 Å². The summed E-state index contributed by atoms with van der Waals surface area (Å²) in [5, 5.41) is 8.58. The molecule has 0 radical (unpaired) electrons. The molecule has 1 aliphatic heterocycles. The number of likely N-dealkylation sites (tertiary alicyclic amines) is 1. The molecule has 5 heteroatoms. The number of carbonyl (C=O) groups excluding carboxylic acids is 2. The van der Waals surface area contributed by atoms with E-state index in [1.54, 1.807) is 0 Å². The summed E-state index contributed by atoms with van der Waals surface area (Å²) in [5.41, 5.74) is -0.408. The van der Waals surface area contributed by atoms with Gasteiger partial charge in [0.05, 0.1) is 5.41 Å². The highest BCUT2D eigenvalue weighted by Gasteiger charge is 2.50. The van der Waals surface area contributed by atoms with Crippen LogP contribution >= 0.6 is 0 Å². The number of rotatable bonds is 6. The second-order valence-electron chi connectivity index (χ2n) is 6.43. The zero-order valence-corrected chi connectivity index (χ0v) is 12.6. The number of hydrogen-bond donors (Lipinski definition) is 1. The molecule has 1 heterocycles. The molecular formula is C16H25NO4. The maximum Gasteiger partial charge on any atom is 0.303 e. The summed E-state index contributed by atoms with van der Waals surface area (Å²) in [6.45, 7) is 0.457. The average molecular weight is 295 g/mol. The van der Waals surface area contributed by atoms with Crippen LogP contribution in [0.15, 0.2) is 0 Å². The Hall–Kier alpha value is -1.39. The molecule has 1 aliphatic carbocycles. The van der Waals surface area contributed by atoms with Gasteiger partial charge in [-0.2, -0.15) is 0 Å². The first kappa shape index (κ1) is 16.0. The van der Waals surface area contributed by atoms with Crippen molar-refractivity contribution in [1.82, 2.24) is 4.90 Å². The maximum absolute atomic E-state index is 12.6. The van der Waals surface area contributed by atoms with E-state index >= 15 is 0 Å². The van der Waals surface area contributed by atoms with Gasteiger partial charge in [-0.15, -0.1) is 0 Å². The highest BCUT2D eigenvalue weighted by Crippen LogP contribution is 2.44. The molecular weight excluding hydrogens is 270 g/mol. The minimum absolute atomic E-state index is 0.0277. The smallest absolute Gasteiger partial charge is 0.303 e. The molecule has 0 unspecified atom stereocenters. The zero-order chi connectivity index (χ0) is 15.3. The van der Waals surface area contributed by atoms with Crippen LogP contribution in [0.25, 0.3) is 0 Å². The Labute approximate surface area is 125 Å². The number of carboxylic acids is 1. The monoisotopic (exact) mass is 295 g/mol. The SMILES string of the molecule is O=C(O)CCCCCN1C(=O)CC2(CCCCCC2)C1=O. The quantitative estimate of drug-likeness (QED) is 0.604. The highest BCUT2D eigenvalue weighted by molar-refractivity contribution is 6.05. The summed E-state index contributed by atoms with van der Waals surface area (Å²) >= 11 is 0. The van der Waals surface area contributed by atoms with Gasteiger partial charge in [0.25, 0.3) is 0 Å². The Balaban J connectivity index is 1.85. The lowest BCUT2D eigenvalue weighted by molar-refractivity contribution is -0.142. The number of amides is 2. The lowest BCUT2D eigenvalue weighted by atomic mass is 9.79. The van der Waals surface area contributed by atoms with Crippen molar-refractivity contribution < 1.29 is 19.5 Å². The molecule has 1 saturated heterocycles. The first-order chi connectivity index (χ1) is 10.1. The predicted octanol–water partition coefficient (Wildman–Crippen LogP) is 2.73. The highest BCUT2D eigenvalue weighted by atomic mass is 16.4. The fraction of sp³-hybridized carbons (Fsp3) is 0.812. The summed E-state index contributed by atoms with van der Waals surface area (Å²) in [6.07, 6.45) is 8.74. The molecule has 1 N–H and O–H groups in total. The molecule has 0 atom stereocenters. The second kappa shape index (κ2) is 7.05. The molecule has 21 heavy (non-hydrogen) atoms. The maximum atomic E-state index is 12.6. The predicted molar refractivity (Wildman–Crippen MR) is 77.6 cm³/mol. The van der Waals surface area contributed by atoms with E-state index < -0.39 is 11.4 Å². The van der Waals surface area contributed by atoms with Crippen molar-refractivity contribution in [2.45, 2.75) is 70.6 Å². The van der Waals surface area contributed by atoms with Crippen LogP contribution in [0.5, 0.6) is 0 Å². The molecule has 1 saturated carbocycles. The van der Waals surface area contributed by atoms with E-state index in [2.05, 4.69) is 0 Å². The second-order valence-corrected chi connectivity index (χ2v) is 6.43. The van der Waals surface area contributed by atoms with E-state index in [1.165, 1.54) is 17.7 Å². The van der Waals surface area contributed by atoms with Gasteiger partial charge in [-0.05, 0) is 25.7 Å². The van der Waals surface area contributed by atoms with Crippen LogP contribution < -0.4 is 0 Å². The van der Waals surface area contributed by atoms with Crippen molar-refractivity contribution in [1.29, 1.82) is 0 Å². The molecule has 1 spiro atoms. The molecule has 2 fully saturated rings. The number of nitrogens with zero attached hydrogens (tertiary/aromatic N) is 1. The minimum Gasteiger partial charge on any atom is -0.481 e. The number of carboxylic acid groups (broad SMARTS) is 1. The number of hydrogen-bond acceptors (Lipinski definition) is 3. The molecule has 2 amide bonds. The Kier molecular flexibility index (Phi) is 5.37. The molecule has 2 aliphatic rings. The van der Waals surface area contributed by atoms with E-state index in [4.69, 9.17) is 5.11 Å². The van der Waals surface area contributed by atoms with Gasteiger partial charge in [-0.25, -0.2) is 0 Å². The van der Waals surface area contributed by atoms with Crippen LogP contribution in [-0.4, -0.2) is 34.3 Å². The van der Waals surface area contributed by atoms with Gasteiger partial charge in [-0.1, -0.05) is 32.1 Å². The Morgan fingerprint density at radius 1 is 1.05 bits per heavy atom. The minimum atomic E-state index is -0.791. The van der Waals surface area contributed by atoms with E-state index in [9.17, 15) is 14.4 Å². The topological polar surface area (TPSA) is 74.7 Å². The third-order valence-corrected chi connectivity index (χ3v) is 4.82. The Bertz CT molecular complexity index is 411. The summed E-state index contributed by atoms with van der Waals surface area (Å²) in [4.78, 5) is 36.7. The molecule has 5 nitrogen and oxygen atoms in total. The first-order valence-electron chi connectivity index (χ1n) is 8.12. The van der Waals surface area contributed by atoms with Gasteiger partial charge in [0, 0.05) is 19.4 Å². The summed E-state index contributed by atoms with van der Waals surface area (Å²) in [6, 6.07) is 0. The molecule has 0 aromatic rings. The van der Waals surface area contributed by atoms with Crippen molar-refractivity contribution in [2.75, 3.05) is 6.54 Å². The Morgan fingerprint density at radius 2 is 1.71 bits per heavy atom. The van der Waals surface area contributed by atoms with Gasteiger partial charge in [-0.3, -0.25) is 19.3 Å². The molecule has 0 aromatic carbocycles. The van der Waals surface area contributed by atoms with Crippen molar-refractivity contribution in [3.63, 3.8) is 0 Å². The van der Waals surface area contributed by atoms with Crippen molar-refractivity contribution in [2.24, 2.45) is 5.41 Å². The van der Waals surface area contributed by atoms with Crippen LogP contribution in [-0.2, 0) is 14.4 Å². The lowest BCUT2D eigenvalue weighted by Gasteiger charge is -2.25. The number of imide groups is 1. The number of carbonyl (C=O) groups is 3. The van der Waals surface area contributed by atoms with Crippen molar-refractivity contribution >= 4 is 17.8 Å². The van der Waals surface area contributed by atoms with Crippen LogP contribution in [0, 0.1) is 5.41 Å². The summed E-state index contributed by atoms with van der Waals surface area (Å²) in [7, 11) is 0. The Morgan fingerprint density at radius 3 is 2.33 bits per heavy atom. The zero-order valence-electron chi connectivity index (χ0n) is 12.6. The fourth-order valence-electron chi connectivity index (χ4n) is 3.61. The van der Waals surface area contributed by atoms with E-state index in [0.717, 1.165) is 32.1 Å². The van der Waals surface area contributed by atoms with Crippen LogP contribution in [0.3, 0.4) is 0 Å². The normalized spacial score (nSPS) is 21.8. The van der Waals surface area contributed by atoms with Gasteiger partial charge in [0.2, 0.25) is 11.8 Å². The van der Waals surface area contributed by atoms with Gasteiger partial charge in [0.15, 0.2) is 0 Å². The third kappa shape index (κ3) is 3.83. The third-order valence-electron chi connectivity index (χ3n) is 4.82. The first-order valence-corrected chi connectivity index (χ1v) is 8.12. The molecule has 0 bridgehead atoms. The summed E-state index contributed by atoms with van der Waals surface area (Å²) in [5.74, 6) is -0.784. The standard InChI is InChI=1S/C16H25NO4/c18-13-12-16(9-5-1-2-6-10-16)15(21)17(13)11-7-3-4-8-14(19)20/h1-12H2,(H,19,20). The number of aliphatic carboxylic acids is 1. The molecule has 118 valence electrons. The van der Waals surface area contributed by atoms with Gasteiger partial charge >= 0.3 is 5.97 Å². The molecule has 0 aromatic heterocycles. The summed E-state index contributed by atoms with van der Waals surface area (Å²) < 4.78 is 0. The van der Waals surface area contributed by atoms with Gasteiger partial charge < -0.3 is 5.11 Å². The van der Waals surface area contributed by atoms with E-state index in [1.807, 2.05) is 0 Å². The van der Waals surface area contributed by atoms with E-state index in [-0.39, 0.29) is 18.2 Å². The fourth-order valence-corrected chi connectivity index (χ4v) is 3.61. The van der Waals surface area contributed by atoms with E-state index in [0.29, 0.717) is 25.8 Å². The van der Waals surface area contributed by atoms with Crippen LogP contribution in [0.2, 0.25) is 0 Å². The van der Waals surface area contributed by atoms with Crippen LogP contribution in [0.1, 0.15) is 70.6 Å². The molecule has 2 rings (SSSR count). The largest absolute Gasteiger partial charge is 0.481 e.